The molecule has 3 rings (SSSR count). The lowest BCUT2D eigenvalue weighted by atomic mass is 9.95. The second kappa shape index (κ2) is 4.87. The number of aryl methyl sites for hydroxylation is 1. The van der Waals surface area contributed by atoms with E-state index < -0.39 is 0 Å². The van der Waals surface area contributed by atoms with E-state index in [1.165, 1.54) is 12.8 Å². The molecule has 0 aromatic carbocycles. The number of piperidine rings is 1. The standard InChI is InChI=1S/C14H23N5/c1-10-4-5-12-8-15-14(19(12)9-10)16-11(2)13-6-7-18(3)17-13/h6-7,10-12H,4-5,8-9H2,1-3H3,(H,15,16). The van der Waals surface area contributed by atoms with Crippen LogP contribution in [0.25, 0.3) is 0 Å². The summed E-state index contributed by atoms with van der Waals surface area (Å²) in [6, 6.07) is 2.88. The third-order valence-corrected chi connectivity index (χ3v) is 4.19. The summed E-state index contributed by atoms with van der Waals surface area (Å²) in [5.74, 6) is 1.83. The van der Waals surface area contributed by atoms with Crippen molar-refractivity contribution in [2.24, 2.45) is 18.0 Å². The Kier molecular flexibility index (Phi) is 3.21. The molecule has 1 fully saturated rings. The van der Waals surface area contributed by atoms with E-state index in [0.29, 0.717) is 6.04 Å². The van der Waals surface area contributed by atoms with Gasteiger partial charge in [0.2, 0.25) is 0 Å². The molecule has 1 N–H and O–H groups in total. The normalized spacial score (nSPS) is 27.9. The van der Waals surface area contributed by atoms with Gasteiger partial charge in [0.15, 0.2) is 5.96 Å². The van der Waals surface area contributed by atoms with Crippen LogP contribution in [0.4, 0.5) is 0 Å². The first-order valence-corrected chi connectivity index (χ1v) is 7.20. The lowest BCUT2D eigenvalue weighted by Gasteiger charge is -2.36. The average molecular weight is 261 g/mol. The Labute approximate surface area is 114 Å². The minimum absolute atomic E-state index is 0.205. The Bertz CT molecular complexity index is 478. The average Bonchev–Trinajstić information content (AvgIpc) is 2.97. The zero-order valence-corrected chi connectivity index (χ0v) is 12.0. The molecule has 1 saturated heterocycles. The van der Waals surface area contributed by atoms with Crippen LogP contribution in [0.3, 0.4) is 0 Å². The molecule has 0 spiro atoms. The smallest absolute Gasteiger partial charge is 0.194 e. The molecule has 0 saturated carbocycles. The highest BCUT2D eigenvalue weighted by Gasteiger charge is 2.33. The molecule has 2 aliphatic rings. The molecule has 5 heteroatoms. The van der Waals surface area contributed by atoms with Crippen molar-refractivity contribution in [2.45, 2.75) is 38.8 Å². The van der Waals surface area contributed by atoms with E-state index in [1.54, 1.807) is 0 Å². The summed E-state index contributed by atoms with van der Waals surface area (Å²) in [5, 5.41) is 7.98. The van der Waals surface area contributed by atoms with Gasteiger partial charge in [-0.05, 0) is 31.7 Å². The van der Waals surface area contributed by atoms with Crippen LogP contribution in [-0.2, 0) is 7.05 Å². The van der Waals surface area contributed by atoms with Crippen molar-refractivity contribution in [3.8, 4) is 0 Å². The number of nitrogens with zero attached hydrogens (tertiary/aromatic N) is 4. The van der Waals surface area contributed by atoms with Gasteiger partial charge in [-0.1, -0.05) is 6.92 Å². The number of nitrogens with one attached hydrogen (secondary N) is 1. The van der Waals surface area contributed by atoms with Crippen LogP contribution >= 0.6 is 0 Å². The lowest BCUT2D eigenvalue weighted by Crippen LogP contribution is -2.48. The van der Waals surface area contributed by atoms with E-state index in [-0.39, 0.29) is 6.04 Å². The van der Waals surface area contributed by atoms with Crippen LogP contribution < -0.4 is 5.32 Å². The maximum absolute atomic E-state index is 4.68. The van der Waals surface area contributed by atoms with E-state index in [4.69, 9.17) is 0 Å². The number of aliphatic imine (C=N–C) groups is 1. The number of hydrogen-bond acceptors (Lipinski definition) is 4. The monoisotopic (exact) mass is 261 g/mol. The van der Waals surface area contributed by atoms with Crippen LogP contribution in [-0.4, -0.2) is 39.8 Å². The van der Waals surface area contributed by atoms with E-state index in [9.17, 15) is 0 Å². The van der Waals surface area contributed by atoms with Crippen molar-refractivity contribution in [1.29, 1.82) is 0 Å². The maximum Gasteiger partial charge on any atom is 0.194 e. The Morgan fingerprint density at radius 1 is 1.42 bits per heavy atom. The number of hydrogen-bond donors (Lipinski definition) is 1. The molecule has 3 heterocycles. The molecule has 3 unspecified atom stereocenters. The highest BCUT2D eigenvalue weighted by Crippen LogP contribution is 2.26. The van der Waals surface area contributed by atoms with Crippen molar-refractivity contribution >= 4 is 5.96 Å². The fourth-order valence-corrected chi connectivity index (χ4v) is 3.00. The highest BCUT2D eigenvalue weighted by molar-refractivity contribution is 5.82. The summed E-state index contributed by atoms with van der Waals surface area (Å²) in [4.78, 5) is 7.14. The minimum atomic E-state index is 0.205. The first-order valence-electron chi connectivity index (χ1n) is 7.20. The second-order valence-electron chi connectivity index (χ2n) is 5.93. The van der Waals surface area contributed by atoms with Gasteiger partial charge < -0.3 is 10.2 Å². The van der Waals surface area contributed by atoms with Gasteiger partial charge in [0.25, 0.3) is 0 Å². The summed E-state index contributed by atoms with van der Waals surface area (Å²) in [7, 11) is 1.95. The highest BCUT2D eigenvalue weighted by atomic mass is 15.4. The van der Waals surface area contributed by atoms with Crippen LogP contribution in [0.15, 0.2) is 17.3 Å². The maximum atomic E-state index is 4.68. The fraction of sp³-hybridized carbons (Fsp3) is 0.714. The van der Waals surface area contributed by atoms with Gasteiger partial charge in [-0.2, -0.15) is 5.10 Å². The first-order chi connectivity index (χ1) is 9.13. The predicted octanol–water partition coefficient (Wildman–Crippen LogP) is 1.54. The summed E-state index contributed by atoms with van der Waals surface area (Å²) in [6.45, 7) is 6.55. The van der Waals surface area contributed by atoms with Crippen molar-refractivity contribution in [1.82, 2.24) is 20.0 Å². The molecule has 3 atom stereocenters. The zero-order chi connectivity index (χ0) is 13.4. The number of aromatic nitrogens is 2. The van der Waals surface area contributed by atoms with Crippen molar-refractivity contribution in [2.75, 3.05) is 13.1 Å². The molecule has 0 radical (unpaired) electrons. The van der Waals surface area contributed by atoms with Gasteiger partial charge in [-0.3, -0.25) is 9.67 Å². The van der Waals surface area contributed by atoms with Crippen molar-refractivity contribution in [3.63, 3.8) is 0 Å². The summed E-state index contributed by atoms with van der Waals surface area (Å²) in [5.41, 5.74) is 1.07. The topological polar surface area (TPSA) is 45.5 Å². The first kappa shape index (κ1) is 12.5. The van der Waals surface area contributed by atoms with Crippen LogP contribution in [0.5, 0.6) is 0 Å². The third kappa shape index (κ3) is 2.46. The molecule has 0 bridgehead atoms. The fourth-order valence-electron chi connectivity index (χ4n) is 3.00. The molecule has 1 aromatic rings. The quantitative estimate of drug-likeness (QED) is 0.878. The van der Waals surface area contributed by atoms with E-state index >= 15 is 0 Å². The minimum Gasteiger partial charge on any atom is -0.348 e. The molecule has 104 valence electrons. The molecule has 19 heavy (non-hydrogen) atoms. The van der Waals surface area contributed by atoms with E-state index in [2.05, 4.69) is 40.2 Å². The number of fused-ring (bicyclic) bond motifs is 1. The summed E-state index contributed by atoms with van der Waals surface area (Å²) in [6.07, 6.45) is 4.59. The predicted molar refractivity (Wildman–Crippen MR) is 76.0 cm³/mol. The second-order valence-corrected chi connectivity index (χ2v) is 5.93. The lowest BCUT2D eigenvalue weighted by molar-refractivity contribution is 0.210. The largest absolute Gasteiger partial charge is 0.348 e. The Balaban J connectivity index is 1.66. The molecule has 5 nitrogen and oxygen atoms in total. The van der Waals surface area contributed by atoms with Gasteiger partial charge >= 0.3 is 0 Å². The van der Waals surface area contributed by atoms with E-state index in [0.717, 1.165) is 30.7 Å². The Hall–Kier alpha value is -1.52. The van der Waals surface area contributed by atoms with E-state index in [1.807, 2.05) is 17.9 Å². The molecule has 0 aliphatic carbocycles. The van der Waals surface area contributed by atoms with Gasteiger partial charge in [-0.25, -0.2) is 0 Å². The summed E-state index contributed by atoms with van der Waals surface area (Å²) >= 11 is 0. The molecule has 1 aromatic heterocycles. The van der Waals surface area contributed by atoms with Gasteiger partial charge in [0.1, 0.15) is 0 Å². The molecule has 2 aliphatic heterocycles. The summed E-state index contributed by atoms with van der Waals surface area (Å²) < 4.78 is 1.84. The van der Waals surface area contributed by atoms with Crippen LogP contribution in [0.1, 0.15) is 38.4 Å². The van der Waals surface area contributed by atoms with Gasteiger partial charge in [0, 0.05) is 19.8 Å². The zero-order valence-electron chi connectivity index (χ0n) is 12.0. The van der Waals surface area contributed by atoms with Crippen molar-refractivity contribution < 1.29 is 0 Å². The third-order valence-electron chi connectivity index (χ3n) is 4.19. The van der Waals surface area contributed by atoms with Gasteiger partial charge in [-0.15, -0.1) is 0 Å². The Morgan fingerprint density at radius 3 is 3.00 bits per heavy atom. The number of guanidine groups is 1. The molecular weight excluding hydrogens is 238 g/mol. The van der Waals surface area contributed by atoms with Crippen molar-refractivity contribution in [3.05, 3.63) is 18.0 Å². The van der Waals surface area contributed by atoms with Crippen LogP contribution in [0, 0.1) is 5.92 Å². The Morgan fingerprint density at radius 2 is 2.26 bits per heavy atom. The van der Waals surface area contributed by atoms with Gasteiger partial charge in [0.05, 0.1) is 24.3 Å². The molecular formula is C14H23N5. The SMILES string of the molecule is CC1CCC2CN=C(NC(C)c3ccn(C)n3)N2C1. The van der Waals surface area contributed by atoms with Crippen LogP contribution in [0.2, 0.25) is 0 Å². The number of rotatable bonds is 2. The molecule has 0 amide bonds.